The quantitative estimate of drug-likeness (QED) is 0.874. The molecule has 0 aromatic carbocycles. The second-order valence-corrected chi connectivity index (χ2v) is 9.29. The Bertz CT molecular complexity index is 507. The summed E-state index contributed by atoms with van der Waals surface area (Å²) in [5, 5.41) is 7.10. The molecule has 2 heterocycles. The first-order chi connectivity index (χ1) is 9.99. The number of rotatable bonds is 3. The zero-order chi connectivity index (χ0) is 14.9. The van der Waals surface area contributed by atoms with Gasteiger partial charge in [-0.1, -0.05) is 51.4 Å². The van der Waals surface area contributed by atoms with Gasteiger partial charge in [0.25, 0.3) is 0 Å². The molecule has 0 radical (unpaired) electrons. The predicted molar refractivity (Wildman–Crippen MR) is 95.6 cm³/mol. The van der Waals surface area contributed by atoms with E-state index in [0.29, 0.717) is 5.54 Å². The van der Waals surface area contributed by atoms with Crippen molar-refractivity contribution < 1.29 is 0 Å². The zero-order valence-electron chi connectivity index (χ0n) is 13.3. The summed E-state index contributed by atoms with van der Waals surface area (Å²) in [6, 6.07) is 4.36. The summed E-state index contributed by atoms with van der Waals surface area (Å²) >= 11 is 3.77. The Labute approximate surface area is 136 Å². The molecule has 2 aliphatic rings. The Kier molecular flexibility index (Phi) is 4.37. The fourth-order valence-corrected chi connectivity index (χ4v) is 5.54. The van der Waals surface area contributed by atoms with Gasteiger partial charge in [-0.25, -0.2) is 0 Å². The van der Waals surface area contributed by atoms with Gasteiger partial charge in [-0.15, -0.1) is 11.3 Å². The molecular weight excluding hydrogens is 296 g/mol. The highest BCUT2D eigenvalue weighted by Crippen LogP contribution is 2.39. The summed E-state index contributed by atoms with van der Waals surface area (Å²) in [4.78, 5) is 6.33. The van der Waals surface area contributed by atoms with Crippen molar-refractivity contribution in [3.05, 3.63) is 22.4 Å². The van der Waals surface area contributed by atoms with Gasteiger partial charge in [0.05, 0.1) is 6.54 Å². The van der Waals surface area contributed by atoms with Crippen LogP contribution in [0.25, 0.3) is 0 Å². The van der Waals surface area contributed by atoms with E-state index in [2.05, 4.69) is 43.6 Å². The van der Waals surface area contributed by atoms with E-state index in [1.165, 1.54) is 41.5 Å². The van der Waals surface area contributed by atoms with E-state index in [1.54, 1.807) is 0 Å². The van der Waals surface area contributed by atoms with Crippen LogP contribution in [0, 0.1) is 5.92 Å². The molecular formula is C17H26N2S2. The third-order valence-electron chi connectivity index (χ3n) is 4.75. The predicted octanol–water partition coefficient (Wildman–Crippen LogP) is 4.67. The first-order valence-corrected chi connectivity index (χ1v) is 9.85. The minimum absolute atomic E-state index is 0.138. The summed E-state index contributed by atoms with van der Waals surface area (Å²) in [6.07, 6.45) is 5.39. The van der Waals surface area contributed by atoms with Crippen LogP contribution in [0.1, 0.15) is 51.3 Å². The Balaban J connectivity index is 1.63. The zero-order valence-corrected chi connectivity index (χ0v) is 14.9. The molecule has 2 unspecified atom stereocenters. The van der Waals surface area contributed by atoms with E-state index in [0.717, 1.165) is 12.5 Å². The molecule has 4 heteroatoms. The fraction of sp³-hybridized carbons (Fsp3) is 0.706. The molecule has 2 nitrogen and oxygen atoms in total. The first kappa shape index (κ1) is 15.4. The van der Waals surface area contributed by atoms with Crippen LogP contribution in [0.2, 0.25) is 0 Å². The lowest BCUT2D eigenvalue weighted by Gasteiger charge is -2.36. The number of amidine groups is 1. The summed E-state index contributed by atoms with van der Waals surface area (Å²) in [5.74, 6) is 2.06. The second kappa shape index (κ2) is 5.96. The van der Waals surface area contributed by atoms with Crippen molar-refractivity contribution in [1.29, 1.82) is 0 Å². The van der Waals surface area contributed by atoms with Gasteiger partial charge in [0.1, 0.15) is 0 Å². The smallest absolute Gasteiger partial charge is 0.157 e. The van der Waals surface area contributed by atoms with Crippen molar-refractivity contribution in [2.45, 2.75) is 57.4 Å². The molecule has 1 aromatic rings. The lowest BCUT2D eigenvalue weighted by molar-refractivity contribution is 0.242. The summed E-state index contributed by atoms with van der Waals surface area (Å²) in [6.45, 7) is 7.85. The number of thioether (sulfide) groups is 1. The molecule has 2 atom stereocenters. The number of aliphatic imine (C=N–C) groups is 1. The van der Waals surface area contributed by atoms with Gasteiger partial charge in [-0.05, 0) is 30.2 Å². The fourth-order valence-electron chi connectivity index (χ4n) is 3.51. The molecule has 0 bridgehead atoms. The van der Waals surface area contributed by atoms with Crippen LogP contribution in [-0.2, 0) is 5.41 Å². The van der Waals surface area contributed by atoms with E-state index in [4.69, 9.17) is 4.99 Å². The Morgan fingerprint density at radius 3 is 3.05 bits per heavy atom. The third-order valence-corrected chi connectivity index (χ3v) is 7.19. The van der Waals surface area contributed by atoms with E-state index in [-0.39, 0.29) is 5.41 Å². The Hall–Kier alpha value is -0.480. The van der Waals surface area contributed by atoms with Crippen LogP contribution in [0.15, 0.2) is 22.5 Å². The van der Waals surface area contributed by atoms with Crippen LogP contribution < -0.4 is 5.32 Å². The van der Waals surface area contributed by atoms with Crippen LogP contribution in [0.3, 0.4) is 0 Å². The minimum Gasteiger partial charge on any atom is -0.359 e. The SMILES string of the molecule is CC1CCCC2(CSC(=NCC(C)(C)c3cccs3)N2)C1. The lowest BCUT2D eigenvalue weighted by Crippen LogP contribution is -2.47. The molecule has 21 heavy (non-hydrogen) atoms. The molecule has 1 aliphatic heterocycles. The topological polar surface area (TPSA) is 24.4 Å². The van der Waals surface area contributed by atoms with Crippen LogP contribution >= 0.6 is 23.1 Å². The molecule has 1 spiro atoms. The number of nitrogens with zero attached hydrogens (tertiary/aromatic N) is 1. The molecule has 116 valence electrons. The molecule has 0 amide bonds. The van der Waals surface area contributed by atoms with Crippen LogP contribution in [0.4, 0.5) is 0 Å². The molecule has 1 aromatic heterocycles. The largest absolute Gasteiger partial charge is 0.359 e. The molecule has 1 saturated heterocycles. The van der Waals surface area contributed by atoms with Crippen molar-refractivity contribution in [2.75, 3.05) is 12.3 Å². The average molecular weight is 323 g/mol. The maximum atomic E-state index is 4.90. The van der Waals surface area contributed by atoms with Crippen molar-refractivity contribution in [3.8, 4) is 0 Å². The van der Waals surface area contributed by atoms with E-state index >= 15 is 0 Å². The van der Waals surface area contributed by atoms with Gasteiger partial charge in [-0.3, -0.25) is 4.99 Å². The molecule has 1 saturated carbocycles. The van der Waals surface area contributed by atoms with Gasteiger partial charge in [0.15, 0.2) is 5.17 Å². The maximum Gasteiger partial charge on any atom is 0.157 e. The highest BCUT2D eigenvalue weighted by molar-refractivity contribution is 8.14. The van der Waals surface area contributed by atoms with Gasteiger partial charge in [0, 0.05) is 21.6 Å². The van der Waals surface area contributed by atoms with Crippen molar-refractivity contribution in [2.24, 2.45) is 10.9 Å². The number of hydrogen-bond acceptors (Lipinski definition) is 3. The Morgan fingerprint density at radius 1 is 1.48 bits per heavy atom. The number of hydrogen-bond donors (Lipinski definition) is 1. The normalized spacial score (nSPS) is 31.8. The van der Waals surface area contributed by atoms with Crippen molar-refractivity contribution in [3.63, 3.8) is 0 Å². The lowest BCUT2D eigenvalue weighted by atomic mass is 9.78. The molecule has 2 fully saturated rings. The van der Waals surface area contributed by atoms with E-state index in [1.807, 2.05) is 23.1 Å². The third kappa shape index (κ3) is 3.48. The van der Waals surface area contributed by atoms with Crippen molar-refractivity contribution >= 4 is 28.3 Å². The highest BCUT2D eigenvalue weighted by atomic mass is 32.2. The standard InChI is InChI=1S/C17H26N2S2/c1-13-6-4-8-17(10-13)12-21-15(19-17)18-11-16(2,3)14-7-5-9-20-14/h5,7,9,13H,4,6,8,10-12H2,1-3H3,(H,18,19). The van der Waals surface area contributed by atoms with Gasteiger partial charge in [0.2, 0.25) is 0 Å². The van der Waals surface area contributed by atoms with Crippen LogP contribution in [0.5, 0.6) is 0 Å². The first-order valence-electron chi connectivity index (χ1n) is 7.99. The van der Waals surface area contributed by atoms with Gasteiger partial charge >= 0.3 is 0 Å². The summed E-state index contributed by atoms with van der Waals surface area (Å²) in [5.41, 5.74) is 0.479. The average Bonchev–Trinajstić information content (AvgIpc) is 3.07. The molecule has 1 N–H and O–H groups in total. The summed E-state index contributed by atoms with van der Waals surface area (Å²) < 4.78 is 0. The minimum atomic E-state index is 0.138. The Morgan fingerprint density at radius 2 is 2.33 bits per heavy atom. The number of thiophene rings is 1. The maximum absolute atomic E-state index is 4.90. The second-order valence-electron chi connectivity index (χ2n) is 7.38. The van der Waals surface area contributed by atoms with Gasteiger partial charge in [-0.2, -0.15) is 0 Å². The van der Waals surface area contributed by atoms with Crippen molar-refractivity contribution in [1.82, 2.24) is 5.32 Å². The summed E-state index contributed by atoms with van der Waals surface area (Å²) in [7, 11) is 0. The highest BCUT2D eigenvalue weighted by Gasteiger charge is 2.40. The molecule has 1 aliphatic carbocycles. The van der Waals surface area contributed by atoms with E-state index in [9.17, 15) is 0 Å². The van der Waals surface area contributed by atoms with Gasteiger partial charge < -0.3 is 5.32 Å². The van der Waals surface area contributed by atoms with Crippen LogP contribution in [-0.4, -0.2) is 23.0 Å². The molecule has 3 rings (SSSR count). The van der Waals surface area contributed by atoms with E-state index < -0.39 is 0 Å². The monoisotopic (exact) mass is 322 g/mol. The number of nitrogens with one attached hydrogen (secondary N) is 1.